The van der Waals surface area contributed by atoms with Crippen LogP contribution >= 0.6 is 0 Å². The first kappa shape index (κ1) is 14.6. The van der Waals surface area contributed by atoms with Crippen LogP contribution in [0.5, 0.6) is 5.75 Å². The lowest BCUT2D eigenvalue weighted by molar-refractivity contribution is 0.0647. The zero-order valence-corrected chi connectivity index (χ0v) is 11.4. The van der Waals surface area contributed by atoms with Crippen LogP contribution in [0.2, 0.25) is 0 Å². The largest absolute Gasteiger partial charge is 0.488 e. The van der Waals surface area contributed by atoms with E-state index in [1.54, 1.807) is 0 Å². The number of hydrogen-bond donors (Lipinski definition) is 2. The Hall–Kier alpha value is -2.82. The molecule has 108 valence electrons. The lowest BCUT2D eigenvalue weighted by Crippen LogP contribution is -2.10. The van der Waals surface area contributed by atoms with Crippen molar-refractivity contribution in [2.45, 2.75) is 13.5 Å². The summed E-state index contributed by atoms with van der Waals surface area (Å²) in [6.45, 7) is 2.13. The third-order valence-corrected chi connectivity index (χ3v) is 2.99. The molecule has 0 aliphatic heterocycles. The molecule has 0 heterocycles. The van der Waals surface area contributed by atoms with Crippen molar-refractivity contribution in [2.75, 3.05) is 0 Å². The number of aromatic carboxylic acids is 2. The van der Waals surface area contributed by atoms with Gasteiger partial charge in [0.05, 0.1) is 5.56 Å². The first-order chi connectivity index (χ1) is 9.99. The Morgan fingerprint density at radius 1 is 1.00 bits per heavy atom. The first-order valence-corrected chi connectivity index (χ1v) is 6.27. The molecule has 0 aliphatic carbocycles. The summed E-state index contributed by atoms with van der Waals surface area (Å²) in [6.07, 6.45) is 0. The van der Waals surface area contributed by atoms with Gasteiger partial charge in [0.2, 0.25) is 0 Å². The maximum Gasteiger partial charge on any atom is 0.340 e. The Morgan fingerprint density at radius 3 is 2.24 bits per heavy atom. The minimum atomic E-state index is -1.33. The number of ether oxygens (including phenoxy) is 1. The molecule has 2 aromatic carbocycles. The predicted octanol–water partition coefficient (Wildman–Crippen LogP) is 2.97. The van der Waals surface area contributed by atoms with E-state index >= 15 is 0 Å². The average molecular weight is 286 g/mol. The van der Waals surface area contributed by atoms with Crippen LogP contribution in [-0.2, 0) is 6.61 Å². The molecule has 2 N–H and O–H groups in total. The molecular weight excluding hydrogens is 272 g/mol. The summed E-state index contributed by atoms with van der Waals surface area (Å²) in [5, 5.41) is 18.2. The fourth-order valence-corrected chi connectivity index (χ4v) is 1.90. The number of carbonyl (C=O) groups is 2. The highest BCUT2D eigenvalue weighted by Crippen LogP contribution is 2.24. The maximum atomic E-state index is 11.3. The normalized spacial score (nSPS) is 10.1. The predicted molar refractivity (Wildman–Crippen MR) is 75.9 cm³/mol. The van der Waals surface area contributed by atoms with Gasteiger partial charge in [-0.2, -0.15) is 0 Å². The minimum absolute atomic E-state index is 0.0444. The third kappa shape index (κ3) is 3.39. The van der Waals surface area contributed by atoms with Gasteiger partial charge in [0.25, 0.3) is 0 Å². The van der Waals surface area contributed by atoms with E-state index in [9.17, 15) is 14.7 Å². The van der Waals surface area contributed by atoms with E-state index < -0.39 is 11.9 Å². The molecule has 5 nitrogen and oxygen atoms in total. The van der Waals surface area contributed by atoms with Crippen molar-refractivity contribution < 1.29 is 24.5 Å². The highest BCUT2D eigenvalue weighted by Gasteiger charge is 2.20. The second kappa shape index (κ2) is 6.09. The number of hydrogen-bond acceptors (Lipinski definition) is 3. The summed E-state index contributed by atoms with van der Waals surface area (Å²) in [4.78, 5) is 22.3. The van der Waals surface area contributed by atoms with Crippen molar-refractivity contribution in [3.05, 3.63) is 64.7 Å². The highest BCUT2D eigenvalue weighted by molar-refractivity contribution is 6.03. The summed E-state index contributed by atoms with van der Waals surface area (Å²) in [5.74, 6) is -2.58. The number of carboxylic acid groups (broad SMARTS) is 2. The fourth-order valence-electron chi connectivity index (χ4n) is 1.90. The van der Waals surface area contributed by atoms with Crippen molar-refractivity contribution in [3.63, 3.8) is 0 Å². The van der Waals surface area contributed by atoms with Crippen LogP contribution in [0.15, 0.2) is 42.5 Å². The molecule has 0 aromatic heterocycles. The van der Waals surface area contributed by atoms with Crippen LogP contribution < -0.4 is 4.74 Å². The smallest absolute Gasteiger partial charge is 0.340 e. The van der Waals surface area contributed by atoms with Gasteiger partial charge in [-0.25, -0.2) is 9.59 Å². The molecule has 0 spiro atoms. The minimum Gasteiger partial charge on any atom is -0.488 e. The highest BCUT2D eigenvalue weighted by atomic mass is 16.5. The SMILES string of the molecule is Cc1ccc(COc2cccc(C(=O)O)c2C(=O)O)cc1. The van der Waals surface area contributed by atoms with E-state index in [-0.39, 0.29) is 23.5 Å². The molecular formula is C16H14O5. The van der Waals surface area contributed by atoms with E-state index in [1.165, 1.54) is 18.2 Å². The second-order valence-corrected chi connectivity index (χ2v) is 4.56. The van der Waals surface area contributed by atoms with E-state index in [0.717, 1.165) is 11.1 Å². The molecule has 5 heteroatoms. The first-order valence-electron chi connectivity index (χ1n) is 6.27. The van der Waals surface area contributed by atoms with Crippen molar-refractivity contribution in [1.29, 1.82) is 0 Å². The van der Waals surface area contributed by atoms with Crippen LogP contribution in [0.4, 0.5) is 0 Å². The lowest BCUT2D eigenvalue weighted by atomic mass is 10.1. The Kier molecular flexibility index (Phi) is 4.23. The molecule has 0 saturated carbocycles. The summed E-state index contributed by atoms with van der Waals surface area (Å²) in [5.41, 5.74) is 1.36. The average Bonchev–Trinajstić information content (AvgIpc) is 2.46. The third-order valence-electron chi connectivity index (χ3n) is 2.99. The molecule has 0 amide bonds. The van der Waals surface area contributed by atoms with Crippen molar-refractivity contribution in [1.82, 2.24) is 0 Å². The zero-order valence-electron chi connectivity index (χ0n) is 11.4. The molecule has 2 aromatic rings. The fraction of sp³-hybridized carbons (Fsp3) is 0.125. The van der Waals surface area contributed by atoms with E-state index in [4.69, 9.17) is 9.84 Å². The Balaban J connectivity index is 2.27. The zero-order chi connectivity index (χ0) is 15.4. The van der Waals surface area contributed by atoms with Crippen LogP contribution in [-0.4, -0.2) is 22.2 Å². The number of rotatable bonds is 5. The van der Waals surface area contributed by atoms with E-state index in [2.05, 4.69) is 0 Å². The molecule has 0 saturated heterocycles. The van der Waals surface area contributed by atoms with Crippen molar-refractivity contribution in [3.8, 4) is 5.75 Å². The van der Waals surface area contributed by atoms with Gasteiger partial charge in [-0.3, -0.25) is 0 Å². The molecule has 0 radical (unpaired) electrons. The van der Waals surface area contributed by atoms with E-state index in [0.29, 0.717) is 0 Å². The van der Waals surface area contributed by atoms with Crippen molar-refractivity contribution >= 4 is 11.9 Å². The summed E-state index contributed by atoms with van der Waals surface area (Å²) in [7, 11) is 0. The van der Waals surface area contributed by atoms with Gasteiger partial charge < -0.3 is 14.9 Å². The summed E-state index contributed by atoms with van der Waals surface area (Å²) in [6, 6.07) is 11.7. The summed E-state index contributed by atoms with van der Waals surface area (Å²) < 4.78 is 5.47. The quantitative estimate of drug-likeness (QED) is 0.882. The monoisotopic (exact) mass is 286 g/mol. The van der Waals surface area contributed by atoms with Gasteiger partial charge >= 0.3 is 11.9 Å². The second-order valence-electron chi connectivity index (χ2n) is 4.56. The van der Waals surface area contributed by atoms with Crippen LogP contribution in [0.3, 0.4) is 0 Å². The molecule has 0 aliphatic rings. The molecule has 21 heavy (non-hydrogen) atoms. The number of aryl methyl sites for hydroxylation is 1. The number of benzene rings is 2. The Labute approximate surface area is 121 Å². The molecule has 0 atom stereocenters. The Morgan fingerprint density at radius 2 is 1.67 bits per heavy atom. The number of carboxylic acids is 2. The standard InChI is InChI=1S/C16H14O5/c1-10-5-7-11(8-6-10)9-21-13-4-2-3-12(15(17)18)14(13)16(19)20/h2-8H,9H2,1H3,(H,17,18)(H,19,20). The van der Waals surface area contributed by atoms with Gasteiger partial charge in [-0.1, -0.05) is 35.9 Å². The maximum absolute atomic E-state index is 11.3. The van der Waals surface area contributed by atoms with Gasteiger partial charge in [0.1, 0.15) is 17.9 Å². The van der Waals surface area contributed by atoms with Crippen LogP contribution in [0, 0.1) is 6.92 Å². The molecule has 0 bridgehead atoms. The Bertz CT molecular complexity index is 674. The van der Waals surface area contributed by atoms with Crippen LogP contribution in [0.25, 0.3) is 0 Å². The van der Waals surface area contributed by atoms with Gasteiger partial charge in [0.15, 0.2) is 0 Å². The van der Waals surface area contributed by atoms with Gasteiger partial charge in [0, 0.05) is 0 Å². The lowest BCUT2D eigenvalue weighted by Gasteiger charge is -2.11. The molecule has 0 unspecified atom stereocenters. The topological polar surface area (TPSA) is 83.8 Å². The van der Waals surface area contributed by atoms with Gasteiger partial charge in [-0.05, 0) is 24.6 Å². The molecule has 2 rings (SSSR count). The van der Waals surface area contributed by atoms with E-state index in [1.807, 2.05) is 31.2 Å². The van der Waals surface area contributed by atoms with Crippen molar-refractivity contribution in [2.24, 2.45) is 0 Å². The van der Waals surface area contributed by atoms with Gasteiger partial charge in [-0.15, -0.1) is 0 Å². The molecule has 0 fully saturated rings. The van der Waals surface area contributed by atoms with Crippen LogP contribution in [0.1, 0.15) is 31.8 Å². The summed E-state index contributed by atoms with van der Waals surface area (Å²) >= 11 is 0.